The topological polar surface area (TPSA) is 35.6 Å². The summed E-state index contributed by atoms with van der Waals surface area (Å²) in [4.78, 5) is 17.2. The first-order valence-corrected chi connectivity index (χ1v) is 7.47. The fourth-order valence-corrected chi connectivity index (χ4v) is 3.36. The van der Waals surface area contributed by atoms with E-state index in [-0.39, 0.29) is 18.0 Å². The third-order valence-electron chi connectivity index (χ3n) is 4.47. The van der Waals surface area contributed by atoms with Gasteiger partial charge < -0.3 is 15.1 Å². The molecule has 0 aliphatic carbocycles. The Kier molecular flexibility index (Phi) is 3.76. The van der Waals surface area contributed by atoms with E-state index in [4.69, 9.17) is 0 Å². The van der Waals surface area contributed by atoms with E-state index >= 15 is 0 Å². The number of benzene rings is 1. The second-order valence-corrected chi connectivity index (χ2v) is 5.98. The minimum Gasteiger partial charge on any atom is -0.336 e. The Hall–Kier alpha value is -1.39. The molecule has 2 unspecified atom stereocenters. The van der Waals surface area contributed by atoms with Crippen LogP contribution in [-0.4, -0.2) is 55.0 Å². The van der Waals surface area contributed by atoms with Crippen LogP contribution in [0, 0.1) is 0 Å². The van der Waals surface area contributed by atoms with Gasteiger partial charge in [-0.2, -0.15) is 0 Å². The van der Waals surface area contributed by atoms with Gasteiger partial charge in [0.25, 0.3) is 0 Å². The molecular weight excluding hydrogens is 250 g/mol. The number of likely N-dealkylation sites (N-methyl/N-ethyl adjacent to an activating group) is 1. The predicted octanol–water partition coefficient (Wildman–Crippen LogP) is 1.04. The van der Waals surface area contributed by atoms with Crippen molar-refractivity contribution in [2.45, 2.75) is 25.4 Å². The van der Waals surface area contributed by atoms with Crippen molar-refractivity contribution in [3.63, 3.8) is 0 Å². The summed E-state index contributed by atoms with van der Waals surface area (Å²) in [5.41, 5.74) is 2.47. The van der Waals surface area contributed by atoms with Crippen LogP contribution in [0.5, 0.6) is 0 Å². The summed E-state index contributed by atoms with van der Waals surface area (Å²) in [5, 5.41) is 3.40. The van der Waals surface area contributed by atoms with Gasteiger partial charge in [0.2, 0.25) is 5.91 Å². The van der Waals surface area contributed by atoms with Crippen LogP contribution >= 0.6 is 0 Å². The Morgan fingerprint density at radius 1 is 1.30 bits per heavy atom. The van der Waals surface area contributed by atoms with Crippen molar-refractivity contribution >= 4 is 5.91 Å². The Bertz CT molecular complexity index is 502. The molecule has 0 radical (unpaired) electrons. The third-order valence-corrected chi connectivity index (χ3v) is 4.47. The normalized spacial score (nSPS) is 27.2. The molecule has 4 heteroatoms. The van der Waals surface area contributed by atoms with Crippen molar-refractivity contribution in [2.75, 3.05) is 33.2 Å². The zero-order valence-corrected chi connectivity index (χ0v) is 12.3. The number of carbonyl (C=O) groups excluding carboxylic acids is 1. The van der Waals surface area contributed by atoms with Crippen molar-refractivity contribution < 1.29 is 4.79 Å². The van der Waals surface area contributed by atoms with E-state index < -0.39 is 0 Å². The number of nitrogens with zero attached hydrogens (tertiary/aromatic N) is 2. The summed E-state index contributed by atoms with van der Waals surface area (Å²) >= 11 is 0. The monoisotopic (exact) mass is 273 g/mol. The van der Waals surface area contributed by atoms with E-state index in [0.717, 1.165) is 38.2 Å². The molecule has 1 aromatic carbocycles. The Morgan fingerprint density at radius 2 is 2.10 bits per heavy atom. The maximum absolute atomic E-state index is 12.9. The average molecular weight is 273 g/mol. The minimum absolute atomic E-state index is 0.161. The minimum atomic E-state index is -0.161. The van der Waals surface area contributed by atoms with Crippen LogP contribution in [0.3, 0.4) is 0 Å². The van der Waals surface area contributed by atoms with Crippen LogP contribution in [-0.2, 0) is 11.2 Å². The fraction of sp³-hybridized carbons (Fsp3) is 0.562. The molecule has 1 saturated heterocycles. The highest BCUT2D eigenvalue weighted by Gasteiger charge is 2.33. The Morgan fingerprint density at radius 3 is 2.90 bits per heavy atom. The first-order chi connectivity index (χ1) is 9.66. The van der Waals surface area contributed by atoms with E-state index in [1.165, 1.54) is 5.56 Å². The van der Waals surface area contributed by atoms with Crippen molar-refractivity contribution in [2.24, 2.45) is 0 Å². The van der Waals surface area contributed by atoms with Crippen LogP contribution in [0.4, 0.5) is 0 Å². The van der Waals surface area contributed by atoms with Crippen LogP contribution in [0.2, 0.25) is 0 Å². The molecule has 0 aromatic heterocycles. The van der Waals surface area contributed by atoms with Gasteiger partial charge in [0, 0.05) is 32.2 Å². The number of nitrogens with one attached hydrogen (secondary N) is 1. The average Bonchev–Trinajstić information content (AvgIpc) is 2.46. The molecule has 20 heavy (non-hydrogen) atoms. The highest BCUT2D eigenvalue weighted by atomic mass is 16.2. The molecule has 0 saturated carbocycles. The van der Waals surface area contributed by atoms with Gasteiger partial charge in [0.15, 0.2) is 0 Å². The fourth-order valence-electron chi connectivity index (χ4n) is 3.36. The molecule has 1 aromatic rings. The van der Waals surface area contributed by atoms with Crippen molar-refractivity contribution in [1.82, 2.24) is 15.1 Å². The first-order valence-electron chi connectivity index (χ1n) is 7.47. The molecule has 2 heterocycles. The third kappa shape index (κ3) is 2.45. The van der Waals surface area contributed by atoms with Gasteiger partial charge in [-0.05, 0) is 31.5 Å². The number of hydrogen-bond acceptors (Lipinski definition) is 3. The predicted molar refractivity (Wildman–Crippen MR) is 79.6 cm³/mol. The summed E-state index contributed by atoms with van der Waals surface area (Å²) in [6.07, 6.45) is 1.01. The van der Waals surface area contributed by atoms with Gasteiger partial charge in [-0.15, -0.1) is 0 Å². The van der Waals surface area contributed by atoms with Gasteiger partial charge in [-0.3, -0.25) is 4.79 Å². The van der Waals surface area contributed by atoms with Crippen molar-refractivity contribution in [3.05, 3.63) is 35.4 Å². The molecule has 4 nitrogen and oxygen atoms in total. The molecule has 2 atom stereocenters. The number of piperazine rings is 1. The summed E-state index contributed by atoms with van der Waals surface area (Å²) < 4.78 is 0. The van der Waals surface area contributed by atoms with Gasteiger partial charge in [-0.25, -0.2) is 0 Å². The number of hydrogen-bond donors (Lipinski definition) is 1. The van der Waals surface area contributed by atoms with Gasteiger partial charge in [0.1, 0.15) is 6.04 Å². The lowest BCUT2D eigenvalue weighted by molar-refractivity contribution is -0.138. The molecule has 1 amide bonds. The van der Waals surface area contributed by atoms with Crippen molar-refractivity contribution in [1.29, 1.82) is 0 Å². The van der Waals surface area contributed by atoms with Crippen LogP contribution < -0.4 is 5.32 Å². The van der Waals surface area contributed by atoms with E-state index in [0.29, 0.717) is 0 Å². The van der Waals surface area contributed by atoms with Gasteiger partial charge >= 0.3 is 0 Å². The van der Waals surface area contributed by atoms with E-state index in [9.17, 15) is 4.79 Å². The zero-order chi connectivity index (χ0) is 14.1. The van der Waals surface area contributed by atoms with E-state index in [1.54, 1.807) is 0 Å². The molecule has 108 valence electrons. The number of carbonyl (C=O) groups is 1. The second-order valence-electron chi connectivity index (χ2n) is 5.98. The van der Waals surface area contributed by atoms with Crippen LogP contribution in [0.1, 0.15) is 24.1 Å². The lowest BCUT2D eigenvalue weighted by Crippen LogP contribution is -2.55. The smallest absolute Gasteiger partial charge is 0.244 e. The molecular formula is C16H23N3O. The molecule has 3 rings (SSSR count). The largest absolute Gasteiger partial charge is 0.336 e. The number of amides is 1. The lowest BCUT2D eigenvalue weighted by atomic mass is 9.93. The standard InChI is InChI=1S/C16H23N3O/c1-12-11-18(2)9-10-19(12)16(20)15-14-6-4-3-5-13(14)7-8-17-15/h3-6,12,15,17H,7-11H2,1-2H3. The van der Waals surface area contributed by atoms with E-state index in [2.05, 4.69) is 42.4 Å². The van der Waals surface area contributed by atoms with Crippen LogP contribution in [0.25, 0.3) is 0 Å². The SMILES string of the molecule is CC1CN(C)CCN1C(=O)C1NCCc2ccccc21. The summed E-state index contributed by atoms with van der Waals surface area (Å²) in [7, 11) is 2.12. The number of fused-ring (bicyclic) bond motifs is 1. The van der Waals surface area contributed by atoms with Crippen LogP contribution in [0.15, 0.2) is 24.3 Å². The Labute approximate surface area is 120 Å². The molecule has 1 N–H and O–H groups in total. The summed E-state index contributed by atoms with van der Waals surface area (Å²) in [6, 6.07) is 8.45. The summed E-state index contributed by atoms with van der Waals surface area (Å²) in [5.74, 6) is 0.234. The lowest BCUT2D eigenvalue weighted by Gasteiger charge is -2.41. The maximum Gasteiger partial charge on any atom is 0.244 e. The van der Waals surface area contributed by atoms with Gasteiger partial charge in [-0.1, -0.05) is 24.3 Å². The van der Waals surface area contributed by atoms with E-state index in [1.807, 2.05) is 11.0 Å². The highest BCUT2D eigenvalue weighted by Crippen LogP contribution is 2.25. The highest BCUT2D eigenvalue weighted by molar-refractivity contribution is 5.84. The first kappa shape index (κ1) is 13.6. The number of rotatable bonds is 1. The van der Waals surface area contributed by atoms with Gasteiger partial charge in [0.05, 0.1) is 0 Å². The molecule has 0 bridgehead atoms. The molecule has 0 spiro atoms. The summed E-state index contributed by atoms with van der Waals surface area (Å²) in [6.45, 7) is 5.78. The zero-order valence-electron chi connectivity index (χ0n) is 12.3. The second kappa shape index (κ2) is 5.54. The van der Waals surface area contributed by atoms with Crippen molar-refractivity contribution in [3.8, 4) is 0 Å². The maximum atomic E-state index is 12.9. The molecule has 2 aliphatic rings. The Balaban J connectivity index is 1.81. The molecule has 1 fully saturated rings. The molecule has 2 aliphatic heterocycles. The quantitative estimate of drug-likeness (QED) is 0.830.